The van der Waals surface area contributed by atoms with Crippen LogP contribution in [0.2, 0.25) is 0 Å². The number of unbranched alkanes of at least 4 members (excludes halogenated alkanes) is 3. The molecule has 0 fully saturated rings. The largest absolute Gasteiger partial charge is 0.481 e. The lowest BCUT2D eigenvalue weighted by Gasteiger charge is -2.01. The van der Waals surface area contributed by atoms with Crippen LogP contribution in [0.3, 0.4) is 0 Å². The van der Waals surface area contributed by atoms with Crippen molar-refractivity contribution in [3.8, 4) is 0 Å². The molecule has 0 spiro atoms. The molecule has 0 atom stereocenters. The van der Waals surface area contributed by atoms with E-state index in [2.05, 4.69) is 46.9 Å². The van der Waals surface area contributed by atoms with E-state index in [9.17, 15) is 4.79 Å². The summed E-state index contributed by atoms with van der Waals surface area (Å²) in [7, 11) is 0. The third kappa shape index (κ3) is 6.10. The number of benzene rings is 1. The zero-order valence-corrected chi connectivity index (χ0v) is 11.4. The molecule has 0 aliphatic rings. The van der Waals surface area contributed by atoms with E-state index in [0.29, 0.717) is 6.42 Å². The summed E-state index contributed by atoms with van der Waals surface area (Å²) in [5.74, 6) is -0.683. The second kappa shape index (κ2) is 7.65. The fourth-order valence-corrected chi connectivity index (χ4v) is 1.97. The highest BCUT2D eigenvalue weighted by Gasteiger charge is 1.97. The van der Waals surface area contributed by atoms with Crippen molar-refractivity contribution in [3.63, 3.8) is 0 Å². The van der Waals surface area contributed by atoms with Crippen LogP contribution in [0.4, 0.5) is 0 Å². The van der Waals surface area contributed by atoms with E-state index in [1.165, 1.54) is 9.13 Å². The standard InChI is InChI=1S/C13H17IO2/c14-12-9-7-11(8-10-12)5-3-1-2-4-6-13(15)16/h7-10H,1-6H2,(H,15,16). The first-order valence-electron chi connectivity index (χ1n) is 5.65. The first-order chi connectivity index (χ1) is 7.68. The Labute approximate surface area is 110 Å². The molecule has 1 rings (SSSR count). The number of hydrogen-bond donors (Lipinski definition) is 1. The van der Waals surface area contributed by atoms with E-state index < -0.39 is 5.97 Å². The minimum Gasteiger partial charge on any atom is -0.481 e. The maximum absolute atomic E-state index is 10.3. The van der Waals surface area contributed by atoms with E-state index in [-0.39, 0.29) is 0 Å². The van der Waals surface area contributed by atoms with Crippen molar-refractivity contribution in [1.82, 2.24) is 0 Å². The Morgan fingerprint density at radius 1 is 1.06 bits per heavy atom. The van der Waals surface area contributed by atoms with Crippen molar-refractivity contribution in [2.45, 2.75) is 38.5 Å². The molecule has 0 aliphatic heterocycles. The Bertz CT molecular complexity index is 319. The van der Waals surface area contributed by atoms with Crippen molar-refractivity contribution in [3.05, 3.63) is 33.4 Å². The van der Waals surface area contributed by atoms with Gasteiger partial charge in [-0.25, -0.2) is 0 Å². The molecule has 0 aliphatic carbocycles. The molecule has 16 heavy (non-hydrogen) atoms. The van der Waals surface area contributed by atoms with Gasteiger partial charge in [0.15, 0.2) is 0 Å². The lowest BCUT2D eigenvalue weighted by molar-refractivity contribution is -0.137. The number of carbonyl (C=O) groups is 1. The lowest BCUT2D eigenvalue weighted by atomic mass is 10.1. The summed E-state index contributed by atoms with van der Waals surface area (Å²) in [6.07, 6.45) is 5.52. The third-order valence-corrected chi connectivity index (χ3v) is 3.24. The average Bonchev–Trinajstić information content (AvgIpc) is 2.25. The van der Waals surface area contributed by atoms with Gasteiger partial charge in [0.25, 0.3) is 0 Å². The van der Waals surface area contributed by atoms with Crippen molar-refractivity contribution in [2.75, 3.05) is 0 Å². The maximum Gasteiger partial charge on any atom is 0.303 e. The molecule has 0 heterocycles. The molecule has 0 aromatic heterocycles. The molecule has 1 aromatic carbocycles. The highest BCUT2D eigenvalue weighted by Crippen LogP contribution is 2.11. The minimum absolute atomic E-state index is 0.309. The average molecular weight is 332 g/mol. The van der Waals surface area contributed by atoms with Gasteiger partial charge in [0.1, 0.15) is 0 Å². The Kier molecular flexibility index (Phi) is 6.45. The van der Waals surface area contributed by atoms with Crippen molar-refractivity contribution >= 4 is 28.6 Å². The van der Waals surface area contributed by atoms with Crippen molar-refractivity contribution in [2.24, 2.45) is 0 Å². The lowest BCUT2D eigenvalue weighted by Crippen LogP contribution is -1.94. The summed E-state index contributed by atoms with van der Waals surface area (Å²) in [5, 5.41) is 8.47. The smallest absolute Gasteiger partial charge is 0.303 e. The highest BCUT2D eigenvalue weighted by atomic mass is 127. The molecule has 0 saturated carbocycles. The summed E-state index contributed by atoms with van der Waals surface area (Å²) in [6.45, 7) is 0. The van der Waals surface area contributed by atoms with Gasteiger partial charge in [0.2, 0.25) is 0 Å². The highest BCUT2D eigenvalue weighted by molar-refractivity contribution is 14.1. The van der Waals surface area contributed by atoms with Crippen LogP contribution in [0.5, 0.6) is 0 Å². The van der Waals surface area contributed by atoms with Gasteiger partial charge in [0, 0.05) is 9.99 Å². The van der Waals surface area contributed by atoms with Gasteiger partial charge in [-0.2, -0.15) is 0 Å². The van der Waals surface area contributed by atoms with Gasteiger partial charge < -0.3 is 5.11 Å². The first kappa shape index (κ1) is 13.5. The number of carboxylic acids is 1. The molecule has 0 unspecified atom stereocenters. The summed E-state index contributed by atoms with van der Waals surface area (Å²) >= 11 is 2.30. The van der Waals surface area contributed by atoms with Crippen LogP contribution in [-0.4, -0.2) is 11.1 Å². The van der Waals surface area contributed by atoms with Gasteiger partial charge in [-0.05, 0) is 59.5 Å². The molecule has 88 valence electrons. The third-order valence-electron chi connectivity index (χ3n) is 2.52. The Morgan fingerprint density at radius 3 is 2.31 bits per heavy atom. The quantitative estimate of drug-likeness (QED) is 0.608. The predicted molar refractivity (Wildman–Crippen MR) is 73.6 cm³/mol. The zero-order valence-electron chi connectivity index (χ0n) is 9.29. The number of aliphatic carboxylic acids is 1. The van der Waals surface area contributed by atoms with Crippen LogP contribution in [0.25, 0.3) is 0 Å². The van der Waals surface area contributed by atoms with Crippen LogP contribution in [0.1, 0.15) is 37.7 Å². The molecular formula is C13H17IO2. The zero-order chi connectivity index (χ0) is 11.8. The normalized spacial score (nSPS) is 10.3. The van der Waals surface area contributed by atoms with Gasteiger partial charge >= 0.3 is 5.97 Å². The molecule has 3 heteroatoms. The van der Waals surface area contributed by atoms with Gasteiger partial charge in [-0.15, -0.1) is 0 Å². The van der Waals surface area contributed by atoms with Gasteiger partial charge in [-0.3, -0.25) is 4.79 Å². The van der Waals surface area contributed by atoms with Crippen LogP contribution in [0, 0.1) is 3.57 Å². The van der Waals surface area contributed by atoms with E-state index in [1.807, 2.05) is 0 Å². The summed E-state index contributed by atoms with van der Waals surface area (Å²) in [4.78, 5) is 10.3. The topological polar surface area (TPSA) is 37.3 Å². The molecule has 0 amide bonds. The molecule has 1 aromatic rings. The number of hydrogen-bond acceptors (Lipinski definition) is 1. The fourth-order valence-electron chi connectivity index (χ4n) is 1.61. The molecule has 0 bridgehead atoms. The van der Waals surface area contributed by atoms with Crippen LogP contribution in [0.15, 0.2) is 24.3 Å². The van der Waals surface area contributed by atoms with E-state index in [4.69, 9.17) is 5.11 Å². The van der Waals surface area contributed by atoms with Crippen LogP contribution in [-0.2, 0) is 11.2 Å². The number of aryl methyl sites for hydroxylation is 1. The summed E-state index contributed by atoms with van der Waals surface area (Å²) in [5.41, 5.74) is 1.37. The summed E-state index contributed by atoms with van der Waals surface area (Å²) < 4.78 is 1.27. The molecule has 2 nitrogen and oxygen atoms in total. The minimum atomic E-state index is -0.683. The van der Waals surface area contributed by atoms with E-state index >= 15 is 0 Å². The summed E-state index contributed by atoms with van der Waals surface area (Å²) in [6, 6.07) is 8.58. The Balaban J connectivity index is 2.07. The predicted octanol–water partition coefficient (Wildman–Crippen LogP) is 3.87. The van der Waals surface area contributed by atoms with Gasteiger partial charge in [0.05, 0.1) is 0 Å². The molecule has 0 radical (unpaired) electrons. The number of halogens is 1. The van der Waals surface area contributed by atoms with E-state index in [0.717, 1.165) is 32.1 Å². The van der Waals surface area contributed by atoms with Crippen molar-refractivity contribution in [1.29, 1.82) is 0 Å². The second-order valence-electron chi connectivity index (χ2n) is 3.93. The first-order valence-corrected chi connectivity index (χ1v) is 6.72. The second-order valence-corrected chi connectivity index (χ2v) is 5.18. The van der Waals surface area contributed by atoms with Crippen LogP contribution >= 0.6 is 22.6 Å². The van der Waals surface area contributed by atoms with Gasteiger partial charge in [-0.1, -0.05) is 25.0 Å². The fraction of sp³-hybridized carbons (Fsp3) is 0.462. The molecular weight excluding hydrogens is 315 g/mol. The monoisotopic (exact) mass is 332 g/mol. The molecule has 1 N–H and O–H groups in total. The Hall–Kier alpha value is -0.580. The number of rotatable bonds is 7. The molecule has 0 saturated heterocycles. The SMILES string of the molecule is O=C(O)CCCCCCc1ccc(I)cc1. The maximum atomic E-state index is 10.3. The van der Waals surface area contributed by atoms with E-state index in [1.54, 1.807) is 0 Å². The van der Waals surface area contributed by atoms with Crippen molar-refractivity contribution < 1.29 is 9.90 Å². The van der Waals surface area contributed by atoms with Crippen LogP contribution < -0.4 is 0 Å². The number of carboxylic acid groups (broad SMARTS) is 1. The Morgan fingerprint density at radius 2 is 1.69 bits per heavy atom.